The summed E-state index contributed by atoms with van der Waals surface area (Å²) in [5.74, 6) is 4.17. The van der Waals surface area contributed by atoms with Crippen molar-refractivity contribution in [2.24, 2.45) is 11.8 Å². The van der Waals surface area contributed by atoms with Crippen molar-refractivity contribution in [1.29, 1.82) is 0 Å². The molecule has 0 unspecified atom stereocenters. The van der Waals surface area contributed by atoms with Gasteiger partial charge < -0.3 is 4.74 Å². The Kier molecular flexibility index (Phi) is 67.7. The molecule has 0 heterocycles. The van der Waals surface area contributed by atoms with Crippen molar-refractivity contribution in [2.45, 2.75) is 74.7 Å². The Morgan fingerprint density at radius 1 is 1.25 bits per heavy atom. The van der Waals surface area contributed by atoms with E-state index < -0.39 is 0 Å². The van der Waals surface area contributed by atoms with E-state index >= 15 is 0 Å². The first kappa shape index (κ1) is 31.6. The van der Waals surface area contributed by atoms with Crippen LogP contribution in [0.4, 0.5) is 0 Å². The van der Waals surface area contributed by atoms with E-state index in [1.165, 1.54) is 19.3 Å². The van der Waals surface area contributed by atoms with Crippen molar-refractivity contribution in [3.63, 3.8) is 0 Å². The summed E-state index contributed by atoms with van der Waals surface area (Å²) < 4.78 is 4.25. The summed E-state index contributed by atoms with van der Waals surface area (Å²) in [4.78, 5) is 0. The van der Waals surface area contributed by atoms with Crippen LogP contribution in [0.2, 0.25) is 0 Å². The van der Waals surface area contributed by atoms with Crippen molar-refractivity contribution in [1.82, 2.24) is 0 Å². The zero-order valence-corrected chi connectivity index (χ0v) is 16.0. The third kappa shape index (κ3) is 893. The summed E-state index contributed by atoms with van der Waals surface area (Å²) in [6, 6.07) is 0. The molecule has 1 heteroatoms. The highest BCUT2D eigenvalue weighted by atomic mass is 16.4. The van der Waals surface area contributed by atoms with Gasteiger partial charge in [-0.25, -0.2) is 0 Å². The maximum Gasteiger partial charge on any atom is 0.0351 e. The number of rotatable bonds is 0. The van der Waals surface area contributed by atoms with E-state index in [1.54, 1.807) is 27.2 Å². The summed E-state index contributed by atoms with van der Waals surface area (Å²) in [5.41, 5.74) is 0. The summed E-state index contributed by atoms with van der Waals surface area (Å²) in [5, 5.41) is 0. The second-order valence-electron chi connectivity index (χ2n) is 5.23. The molecular weight excluding hydrogens is 244 g/mol. The third-order valence-electron chi connectivity index (χ3n) is 0.866. The Hall–Kier alpha value is -0.740. The van der Waals surface area contributed by atoms with E-state index in [2.05, 4.69) is 65.2 Å². The van der Waals surface area contributed by atoms with E-state index in [4.69, 9.17) is 0 Å². The average molecular weight is 287 g/mol. The molecule has 0 bridgehead atoms. The van der Waals surface area contributed by atoms with Gasteiger partial charge in [0.1, 0.15) is 0 Å². The van der Waals surface area contributed by atoms with Gasteiger partial charge >= 0.3 is 0 Å². The first-order valence-electron chi connectivity index (χ1n) is 7.63. The Morgan fingerprint density at radius 3 is 1.30 bits per heavy atom. The quantitative estimate of drug-likeness (QED) is 0.360. The molecule has 124 valence electrons. The zero-order valence-electron chi connectivity index (χ0n) is 16.0. The van der Waals surface area contributed by atoms with Crippen molar-refractivity contribution in [3.8, 4) is 12.3 Å². The number of ether oxygens (including phenoxy) is 1. The lowest BCUT2D eigenvalue weighted by Gasteiger charge is -1.79. The van der Waals surface area contributed by atoms with Crippen LogP contribution in [0.3, 0.4) is 0 Å². The summed E-state index contributed by atoms with van der Waals surface area (Å²) in [7, 11) is 3.25. The molecular formula is C19H42O. The second kappa shape index (κ2) is 42.9. The highest BCUT2D eigenvalue weighted by molar-refractivity contribution is 4.73. The van der Waals surface area contributed by atoms with Gasteiger partial charge in [-0.2, -0.15) is 0 Å². The molecule has 20 heavy (non-hydrogen) atoms. The lowest BCUT2D eigenvalue weighted by atomic mass is 10.3. The summed E-state index contributed by atoms with van der Waals surface area (Å²) in [6.45, 7) is 19.9. The van der Waals surface area contributed by atoms with Crippen LogP contribution >= 0.6 is 0 Å². The first-order chi connectivity index (χ1) is 9.28. The van der Waals surface area contributed by atoms with Crippen molar-refractivity contribution in [3.05, 3.63) is 12.7 Å². The average Bonchev–Trinajstić information content (AvgIpc) is 3.04. The molecule has 0 aromatic carbocycles. The molecule has 1 aliphatic carbocycles. The molecule has 1 rings (SSSR count). The van der Waals surface area contributed by atoms with E-state index in [0.29, 0.717) is 0 Å². The molecule has 1 fully saturated rings. The molecule has 0 aromatic heterocycles. The van der Waals surface area contributed by atoms with Gasteiger partial charge in [-0.05, 0) is 25.7 Å². The lowest BCUT2D eigenvalue weighted by molar-refractivity contribution is 0.277. The first-order valence-corrected chi connectivity index (χ1v) is 7.63. The normalized spacial score (nSPS) is 9.90. The van der Waals surface area contributed by atoms with Gasteiger partial charge in [-0.15, -0.1) is 18.9 Å². The van der Waals surface area contributed by atoms with Gasteiger partial charge in [0.25, 0.3) is 0 Å². The Labute approximate surface area is 131 Å². The molecule has 1 nitrogen and oxygen atoms in total. The molecule has 0 saturated heterocycles. The monoisotopic (exact) mass is 286 g/mol. The molecule has 0 aliphatic heterocycles. The largest absolute Gasteiger partial charge is 0.388 e. The van der Waals surface area contributed by atoms with Crippen LogP contribution in [-0.2, 0) is 4.74 Å². The minimum atomic E-state index is 0.833. The van der Waals surface area contributed by atoms with Crippen molar-refractivity contribution < 1.29 is 4.74 Å². The van der Waals surface area contributed by atoms with Gasteiger partial charge in [-0.1, -0.05) is 66.9 Å². The predicted molar refractivity (Wildman–Crippen MR) is 98.2 cm³/mol. The highest BCUT2D eigenvalue weighted by Crippen LogP contribution is 2.26. The van der Waals surface area contributed by atoms with E-state index in [-0.39, 0.29) is 0 Å². The van der Waals surface area contributed by atoms with Crippen molar-refractivity contribution in [2.75, 3.05) is 14.2 Å². The minimum Gasteiger partial charge on any atom is -0.388 e. The fraction of sp³-hybridized carbons (Fsp3) is 0.789. The predicted octanol–water partition coefficient (Wildman–Crippen LogP) is 6.59. The van der Waals surface area contributed by atoms with Gasteiger partial charge in [0.15, 0.2) is 0 Å². The highest BCUT2D eigenvalue weighted by Gasteiger charge is 2.12. The fourth-order valence-electron chi connectivity index (χ4n) is 0.167. The number of methoxy groups -OCH3 is 1. The van der Waals surface area contributed by atoms with Gasteiger partial charge in [-0.3, -0.25) is 0 Å². The van der Waals surface area contributed by atoms with E-state index in [1.807, 2.05) is 6.92 Å². The smallest absolute Gasteiger partial charge is 0.0351 e. The lowest BCUT2D eigenvalue weighted by Crippen LogP contribution is -1.66. The Balaban J connectivity index is -0.0000000454. The molecule has 1 aliphatic rings. The molecule has 0 atom stereocenters. The summed E-state index contributed by atoms with van der Waals surface area (Å²) in [6.07, 6.45) is 10.6. The topological polar surface area (TPSA) is 9.23 Å². The summed E-state index contributed by atoms with van der Waals surface area (Å²) >= 11 is 0. The minimum absolute atomic E-state index is 0.833. The van der Waals surface area contributed by atoms with Crippen LogP contribution in [0.1, 0.15) is 74.7 Å². The van der Waals surface area contributed by atoms with Crippen LogP contribution < -0.4 is 0 Å². The molecule has 0 aromatic rings. The molecule has 1 saturated carbocycles. The van der Waals surface area contributed by atoms with E-state index in [9.17, 15) is 0 Å². The molecule has 0 amide bonds. The second-order valence-corrected chi connectivity index (χ2v) is 5.23. The number of terminal acetylenes is 1. The number of hydrogen-bond donors (Lipinski definition) is 0. The maximum atomic E-state index is 4.60. The van der Waals surface area contributed by atoms with E-state index in [0.717, 1.165) is 11.8 Å². The SMILES string of the molecule is C#CC.C=CC.CC(C)C.CC1CC1.CCC.COC. The van der Waals surface area contributed by atoms with Crippen molar-refractivity contribution >= 4 is 0 Å². The van der Waals surface area contributed by atoms with Crippen LogP contribution in [0.5, 0.6) is 0 Å². The van der Waals surface area contributed by atoms with Gasteiger partial charge in [0, 0.05) is 14.2 Å². The standard InChI is InChI=1S/C4H8.C4H10.C3H8.C3H6.C3H4.C2H6O/c1-4-2-3-4;1-4(2)3;4*1-3-2/h4H,2-3H2,1H3;4H,1-3H3;3H2,1-2H3;3H,1H2,2H3;1H,2H3;1-2H3. The number of hydrogen-bond acceptors (Lipinski definition) is 1. The van der Waals surface area contributed by atoms with Crippen LogP contribution in [0, 0.1) is 24.2 Å². The Morgan fingerprint density at radius 2 is 1.30 bits per heavy atom. The molecule has 0 N–H and O–H groups in total. The number of allylic oxidation sites excluding steroid dienone is 1. The fourth-order valence-corrected chi connectivity index (χ4v) is 0.167. The van der Waals surface area contributed by atoms with Gasteiger partial charge in [0.05, 0.1) is 0 Å². The van der Waals surface area contributed by atoms with Crippen LogP contribution in [0.15, 0.2) is 12.7 Å². The zero-order chi connectivity index (χ0) is 17.4. The maximum absolute atomic E-state index is 4.60. The van der Waals surface area contributed by atoms with Gasteiger partial charge in [0.2, 0.25) is 0 Å². The Bertz CT molecular complexity index is 145. The van der Waals surface area contributed by atoms with Crippen LogP contribution in [0.25, 0.3) is 0 Å². The molecule has 0 radical (unpaired) electrons. The van der Waals surface area contributed by atoms with Crippen LogP contribution in [-0.4, -0.2) is 14.2 Å². The molecule has 0 spiro atoms. The third-order valence-corrected chi connectivity index (χ3v) is 0.866.